The molecule has 0 aromatic carbocycles. The molecule has 6 nitrogen and oxygen atoms in total. The zero-order chi connectivity index (χ0) is 17.6. The zero-order valence-electron chi connectivity index (χ0n) is 15.5. The van der Waals surface area contributed by atoms with Gasteiger partial charge >= 0.3 is 0 Å². The van der Waals surface area contributed by atoms with Crippen LogP contribution in [0.4, 0.5) is 0 Å². The summed E-state index contributed by atoms with van der Waals surface area (Å²) in [6.07, 6.45) is 0.685. The molecular weight excluding hydrogens is 348 g/mol. The molecular formula is C16H31ClN4O2S. The number of sulfonamides is 1. The Balaban J connectivity index is 0.00000288. The summed E-state index contributed by atoms with van der Waals surface area (Å²) in [7, 11) is -3.54. The van der Waals surface area contributed by atoms with E-state index >= 15 is 0 Å². The summed E-state index contributed by atoms with van der Waals surface area (Å²) in [5.41, 5.74) is 7.22. The molecule has 2 heterocycles. The molecule has 0 amide bonds. The predicted octanol–water partition coefficient (Wildman–Crippen LogP) is 2.33. The fraction of sp³-hybridized carbons (Fsp3) is 0.812. The van der Waals surface area contributed by atoms with Crippen LogP contribution in [0.5, 0.6) is 0 Å². The van der Waals surface area contributed by atoms with Gasteiger partial charge in [-0.15, -0.1) is 12.4 Å². The third kappa shape index (κ3) is 3.95. The summed E-state index contributed by atoms with van der Waals surface area (Å²) in [4.78, 5) is 0.365. The first kappa shape index (κ1) is 21.4. The molecule has 140 valence electrons. The lowest BCUT2D eigenvalue weighted by atomic mass is 9.81. The van der Waals surface area contributed by atoms with Crippen molar-refractivity contribution in [3.63, 3.8) is 0 Å². The summed E-state index contributed by atoms with van der Waals surface area (Å²) < 4.78 is 29.7. The van der Waals surface area contributed by atoms with Crippen LogP contribution in [-0.4, -0.2) is 41.6 Å². The highest BCUT2D eigenvalue weighted by molar-refractivity contribution is 7.89. The minimum atomic E-state index is -3.54. The van der Waals surface area contributed by atoms with Crippen LogP contribution < -0.4 is 5.73 Å². The van der Waals surface area contributed by atoms with E-state index in [1.165, 1.54) is 0 Å². The Morgan fingerprint density at radius 2 is 1.92 bits per heavy atom. The van der Waals surface area contributed by atoms with Gasteiger partial charge in [-0.25, -0.2) is 8.42 Å². The molecule has 0 aliphatic carbocycles. The Bertz CT molecular complexity index is 682. The molecule has 0 bridgehead atoms. The second-order valence-electron chi connectivity index (χ2n) is 7.80. The highest BCUT2D eigenvalue weighted by atomic mass is 35.5. The van der Waals surface area contributed by atoms with Crippen molar-refractivity contribution in [2.75, 3.05) is 13.1 Å². The van der Waals surface area contributed by atoms with E-state index in [2.05, 4.69) is 18.9 Å². The first-order valence-corrected chi connectivity index (χ1v) is 9.70. The molecule has 1 aliphatic rings. The Hall–Kier alpha value is -0.630. The van der Waals surface area contributed by atoms with Crippen molar-refractivity contribution in [3.8, 4) is 0 Å². The summed E-state index contributed by atoms with van der Waals surface area (Å²) >= 11 is 0. The molecule has 1 aliphatic heterocycles. The van der Waals surface area contributed by atoms with Gasteiger partial charge in [-0.3, -0.25) is 4.68 Å². The number of nitrogens with zero attached hydrogens (tertiary/aromatic N) is 3. The van der Waals surface area contributed by atoms with Gasteiger partial charge < -0.3 is 5.73 Å². The molecule has 1 aromatic rings. The lowest BCUT2D eigenvalue weighted by Crippen LogP contribution is -2.53. The molecule has 0 saturated carbocycles. The number of hydrogen-bond acceptors (Lipinski definition) is 4. The van der Waals surface area contributed by atoms with Crippen LogP contribution in [0.3, 0.4) is 0 Å². The lowest BCUT2D eigenvalue weighted by Gasteiger charge is -2.41. The Morgan fingerprint density at radius 1 is 1.33 bits per heavy atom. The van der Waals surface area contributed by atoms with E-state index in [0.29, 0.717) is 36.0 Å². The maximum Gasteiger partial charge on any atom is 0.246 e. The van der Waals surface area contributed by atoms with Crippen molar-refractivity contribution < 1.29 is 8.42 Å². The van der Waals surface area contributed by atoms with Crippen LogP contribution in [0.15, 0.2) is 4.90 Å². The highest BCUT2D eigenvalue weighted by Crippen LogP contribution is 2.33. The number of aryl methyl sites for hydroxylation is 1. The van der Waals surface area contributed by atoms with E-state index < -0.39 is 10.0 Å². The normalized spacial score (nSPS) is 21.8. The van der Waals surface area contributed by atoms with E-state index in [1.54, 1.807) is 11.2 Å². The van der Waals surface area contributed by atoms with Gasteiger partial charge in [0.15, 0.2) is 0 Å². The fourth-order valence-electron chi connectivity index (χ4n) is 3.24. The monoisotopic (exact) mass is 378 g/mol. The smallest absolute Gasteiger partial charge is 0.246 e. The summed E-state index contributed by atoms with van der Waals surface area (Å²) in [6.45, 7) is 13.5. The van der Waals surface area contributed by atoms with Gasteiger partial charge in [0.05, 0.1) is 11.4 Å². The van der Waals surface area contributed by atoms with Gasteiger partial charge in [-0.1, -0.05) is 27.7 Å². The average Bonchev–Trinajstić information content (AvgIpc) is 2.67. The van der Waals surface area contributed by atoms with Crippen molar-refractivity contribution in [2.45, 2.75) is 65.4 Å². The zero-order valence-corrected chi connectivity index (χ0v) is 17.2. The van der Waals surface area contributed by atoms with E-state index in [0.717, 1.165) is 12.2 Å². The number of halogens is 1. The van der Waals surface area contributed by atoms with Gasteiger partial charge in [-0.05, 0) is 31.6 Å². The van der Waals surface area contributed by atoms with Crippen molar-refractivity contribution >= 4 is 22.4 Å². The van der Waals surface area contributed by atoms with Crippen molar-refractivity contribution in [3.05, 3.63) is 11.4 Å². The van der Waals surface area contributed by atoms with E-state index in [9.17, 15) is 8.42 Å². The van der Waals surface area contributed by atoms with Crippen LogP contribution >= 0.6 is 12.4 Å². The molecule has 1 saturated heterocycles. The van der Waals surface area contributed by atoms with Crippen molar-refractivity contribution in [1.29, 1.82) is 0 Å². The van der Waals surface area contributed by atoms with Crippen LogP contribution in [0.1, 0.15) is 45.5 Å². The SMILES string of the molecule is Cc1nn(CC(C)C)c(C)c1S(=O)(=O)N1CCC(N)C(C)(C)C1.Cl. The second kappa shape index (κ2) is 7.32. The van der Waals surface area contributed by atoms with Crippen LogP contribution in [0, 0.1) is 25.2 Å². The van der Waals surface area contributed by atoms with Crippen molar-refractivity contribution in [2.24, 2.45) is 17.1 Å². The number of aromatic nitrogens is 2. The average molecular weight is 379 g/mol. The largest absolute Gasteiger partial charge is 0.327 e. The number of rotatable bonds is 4. The topological polar surface area (TPSA) is 81.2 Å². The summed E-state index contributed by atoms with van der Waals surface area (Å²) in [5, 5.41) is 4.45. The highest BCUT2D eigenvalue weighted by Gasteiger charge is 2.40. The summed E-state index contributed by atoms with van der Waals surface area (Å²) in [6, 6.07) is 0.0276. The minimum absolute atomic E-state index is 0. The van der Waals surface area contributed by atoms with Gasteiger partial charge in [0.25, 0.3) is 0 Å². The molecule has 2 N–H and O–H groups in total. The molecule has 24 heavy (non-hydrogen) atoms. The number of hydrogen-bond donors (Lipinski definition) is 1. The number of piperidine rings is 1. The molecule has 8 heteroatoms. The Morgan fingerprint density at radius 3 is 2.42 bits per heavy atom. The molecule has 1 atom stereocenters. The Kier molecular flexibility index (Phi) is 6.53. The van der Waals surface area contributed by atoms with Gasteiger partial charge in [0, 0.05) is 25.7 Å². The van der Waals surface area contributed by atoms with E-state index in [1.807, 2.05) is 25.5 Å². The van der Waals surface area contributed by atoms with Crippen LogP contribution in [-0.2, 0) is 16.6 Å². The molecule has 1 unspecified atom stereocenters. The standard InChI is InChI=1S/C16H30N4O2S.ClH/c1-11(2)9-20-13(4)15(12(3)18-20)23(21,22)19-8-7-14(17)16(5,6)10-19;/h11,14H,7-10,17H2,1-6H3;1H. The first-order valence-electron chi connectivity index (χ1n) is 8.26. The van der Waals surface area contributed by atoms with Gasteiger partial charge in [0.1, 0.15) is 4.90 Å². The Labute approximate surface area is 152 Å². The van der Waals surface area contributed by atoms with Crippen LogP contribution in [0.2, 0.25) is 0 Å². The molecule has 1 fully saturated rings. The van der Waals surface area contributed by atoms with Gasteiger partial charge in [-0.2, -0.15) is 9.40 Å². The predicted molar refractivity (Wildman–Crippen MR) is 98.9 cm³/mol. The molecule has 1 aromatic heterocycles. The summed E-state index contributed by atoms with van der Waals surface area (Å²) in [5.74, 6) is 0.412. The quantitative estimate of drug-likeness (QED) is 0.871. The fourth-order valence-corrected chi connectivity index (χ4v) is 5.24. The van der Waals surface area contributed by atoms with Crippen LogP contribution in [0.25, 0.3) is 0 Å². The molecule has 0 spiro atoms. The molecule has 0 radical (unpaired) electrons. The minimum Gasteiger partial charge on any atom is -0.327 e. The maximum absolute atomic E-state index is 13.2. The van der Waals surface area contributed by atoms with E-state index in [-0.39, 0.29) is 23.9 Å². The number of nitrogens with two attached hydrogens (primary N) is 1. The van der Waals surface area contributed by atoms with E-state index in [4.69, 9.17) is 5.73 Å². The second-order valence-corrected chi connectivity index (χ2v) is 9.67. The molecule has 2 rings (SSSR count). The third-order valence-electron chi connectivity index (χ3n) is 4.73. The first-order chi connectivity index (χ1) is 10.5. The lowest BCUT2D eigenvalue weighted by molar-refractivity contribution is 0.155. The maximum atomic E-state index is 13.2. The van der Waals surface area contributed by atoms with Crippen molar-refractivity contribution in [1.82, 2.24) is 14.1 Å². The third-order valence-corrected chi connectivity index (χ3v) is 6.83. The van der Waals surface area contributed by atoms with Gasteiger partial charge in [0.2, 0.25) is 10.0 Å².